The van der Waals surface area contributed by atoms with Crippen LogP contribution in [0.4, 0.5) is 0 Å². The highest BCUT2D eigenvalue weighted by Gasteiger charge is 2.41. The van der Waals surface area contributed by atoms with Crippen molar-refractivity contribution >= 4 is 17.5 Å². The van der Waals surface area contributed by atoms with Gasteiger partial charge in [0.15, 0.2) is 0 Å². The monoisotopic (exact) mass is 173 g/mol. The summed E-state index contributed by atoms with van der Waals surface area (Å²) in [6.45, 7) is 0. The number of hydrogen-bond donors (Lipinski definition) is 1. The number of nitrogens with one attached hydrogen (secondary N) is 1. The third-order valence-electron chi connectivity index (χ3n) is 2.81. The third kappa shape index (κ3) is 1.13. The van der Waals surface area contributed by atoms with E-state index in [9.17, 15) is 4.79 Å². The van der Waals surface area contributed by atoms with Crippen molar-refractivity contribution in [3.05, 3.63) is 0 Å². The van der Waals surface area contributed by atoms with E-state index in [4.69, 9.17) is 11.6 Å². The Hall–Kier alpha value is -0.240. The fourth-order valence-electron chi connectivity index (χ4n) is 2.19. The average Bonchev–Trinajstić information content (AvgIpc) is 2.30. The third-order valence-corrected chi connectivity index (χ3v) is 3.24. The Balaban J connectivity index is 2.13. The van der Waals surface area contributed by atoms with Gasteiger partial charge in [-0.3, -0.25) is 4.79 Å². The van der Waals surface area contributed by atoms with Crippen LogP contribution in [0.1, 0.15) is 25.7 Å². The van der Waals surface area contributed by atoms with Crippen LogP contribution in [0.3, 0.4) is 0 Å². The summed E-state index contributed by atoms with van der Waals surface area (Å²) in [7, 11) is 0. The van der Waals surface area contributed by atoms with Crippen molar-refractivity contribution in [3.63, 3.8) is 0 Å². The molecule has 2 rings (SSSR count). The smallest absolute Gasteiger partial charge is 0.224 e. The first-order valence-electron chi connectivity index (χ1n) is 4.23. The first-order valence-corrected chi connectivity index (χ1v) is 4.67. The number of fused-ring (bicyclic) bond motifs is 1. The summed E-state index contributed by atoms with van der Waals surface area (Å²) in [5.74, 6) is 0.818. The van der Waals surface area contributed by atoms with Crippen LogP contribution in [-0.4, -0.2) is 11.4 Å². The van der Waals surface area contributed by atoms with Crippen LogP contribution in [0.25, 0.3) is 0 Å². The van der Waals surface area contributed by atoms with E-state index in [0.717, 1.165) is 12.8 Å². The quantitative estimate of drug-likeness (QED) is 0.437. The summed E-state index contributed by atoms with van der Waals surface area (Å²) < 4.78 is 0. The Morgan fingerprint density at radius 3 is 2.82 bits per heavy atom. The average molecular weight is 174 g/mol. The van der Waals surface area contributed by atoms with Crippen LogP contribution in [0, 0.1) is 11.8 Å². The number of rotatable bonds is 0. The lowest BCUT2D eigenvalue weighted by atomic mass is 9.81. The lowest BCUT2D eigenvalue weighted by Crippen LogP contribution is -2.22. The fourth-order valence-corrected chi connectivity index (χ4v) is 2.59. The van der Waals surface area contributed by atoms with Gasteiger partial charge in [-0.05, 0) is 12.8 Å². The van der Waals surface area contributed by atoms with Gasteiger partial charge < -0.3 is 5.32 Å². The maximum atomic E-state index is 11.2. The van der Waals surface area contributed by atoms with Crippen molar-refractivity contribution in [2.45, 2.75) is 31.2 Å². The van der Waals surface area contributed by atoms with Gasteiger partial charge in [0, 0.05) is 11.8 Å². The second-order valence-electron chi connectivity index (χ2n) is 3.47. The van der Waals surface area contributed by atoms with Crippen LogP contribution in [0.2, 0.25) is 0 Å². The molecule has 0 aromatic heterocycles. The van der Waals surface area contributed by atoms with E-state index in [1.165, 1.54) is 12.8 Å². The van der Waals surface area contributed by atoms with E-state index in [-0.39, 0.29) is 17.3 Å². The van der Waals surface area contributed by atoms with Crippen LogP contribution in [0.5, 0.6) is 0 Å². The highest BCUT2D eigenvalue weighted by Crippen LogP contribution is 2.37. The summed E-state index contributed by atoms with van der Waals surface area (Å²) in [6, 6.07) is 0. The number of alkyl halides is 1. The predicted octanol–water partition coefficient (Wildman–Crippen LogP) is 1.49. The molecule has 2 aliphatic rings. The molecule has 2 nitrogen and oxygen atoms in total. The molecule has 1 N–H and O–H groups in total. The molecule has 0 radical (unpaired) electrons. The molecule has 62 valence electrons. The Bertz CT molecular complexity index is 183. The molecule has 0 spiro atoms. The van der Waals surface area contributed by atoms with Gasteiger partial charge in [-0.25, -0.2) is 0 Å². The predicted molar refractivity (Wildman–Crippen MR) is 43.2 cm³/mol. The van der Waals surface area contributed by atoms with Crippen molar-refractivity contribution in [2.24, 2.45) is 11.8 Å². The van der Waals surface area contributed by atoms with Crippen LogP contribution < -0.4 is 5.32 Å². The van der Waals surface area contributed by atoms with E-state index in [1.807, 2.05) is 0 Å². The Labute approximate surface area is 71.3 Å². The SMILES string of the molecule is O=C1NC(Cl)C2CCCCC12. The Morgan fingerprint density at radius 1 is 1.36 bits per heavy atom. The molecule has 3 unspecified atom stereocenters. The molecule has 1 saturated heterocycles. The number of hydrogen-bond acceptors (Lipinski definition) is 1. The van der Waals surface area contributed by atoms with Crippen LogP contribution in [0.15, 0.2) is 0 Å². The summed E-state index contributed by atoms with van der Waals surface area (Å²) >= 11 is 5.95. The molecule has 1 amide bonds. The maximum Gasteiger partial charge on any atom is 0.224 e. The first-order chi connectivity index (χ1) is 5.29. The summed E-state index contributed by atoms with van der Waals surface area (Å²) in [5, 5.41) is 2.79. The van der Waals surface area contributed by atoms with Gasteiger partial charge in [-0.1, -0.05) is 24.4 Å². The van der Waals surface area contributed by atoms with Gasteiger partial charge in [-0.15, -0.1) is 0 Å². The molecule has 0 aromatic carbocycles. The van der Waals surface area contributed by atoms with Crippen molar-refractivity contribution in [1.29, 1.82) is 0 Å². The van der Waals surface area contributed by atoms with Crippen molar-refractivity contribution < 1.29 is 4.79 Å². The highest BCUT2D eigenvalue weighted by molar-refractivity contribution is 6.22. The van der Waals surface area contributed by atoms with Gasteiger partial charge in [0.1, 0.15) is 5.50 Å². The molecule has 1 aliphatic heterocycles. The summed E-state index contributed by atoms with van der Waals surface area (Å²) in [6.07, 6.45) is 4.59. The van der Waals surface area contributed by atoms with Gasteiger partial charge in [0.05, 0.1) is 0 Å². The second-order valence-corrected chi connectivity index (χ2v) is 3.94. The van der Waals surface area contributed by atoms with Gasteiger partial charge in [-0.2, -0.15) is 0 Å². The molecule has 2 fully saturated rings. The van der Waals surface area contributed by atoms with Crippen LogP contribution in [-0.2, 0) is 4.79 Å². The molecular weight excluding hydrogens is 162 g/mol. The molecule has 1 heterocycles. The summed E-state index contributed by atoms with van der Waals surface area (Å²) in [5.41, 5.74) is -0.0900. The minimum atomic E-state index is -0.0900. The largest absolute Gasteiger partial charge is 0.339 e. The summed E-state index contributed by atoms with van der Waals surface area (Å²) in [4.78, 5) is 11.2. The van der Waals surface area contributed by atoms with E-state index < -0.39 is 0 Å². The minimum absolute atomic E-state index is 0.0900. The van der Waals surface area contributed by atoms with Crippen molar-refractivity contribution in [1.82, 2.24) is 5.32 Å². The number of carbonyl (C=O) groups excluding carboxylic acids is 1. The second kappa shape index (κ2) is 2.67. The van der Waals surface area contributed by atoms with Gasteiger partial charge in [0.2, 0.25) is 5.91 Å². The highest BCUT2D eigenvalue weighted by atomic mass is 35.5. The first kappa shape index (κ1) is 7.41. The normalized spacial score (nSPS) is 43.4. The maximum absolute atomic E-state index is 11.2. The Morgan fingerprint density at radius 2 is 2.09 bits per heavy atom. The fraction of sp³-hybridized carbons (Fsp3) is 0.875. The lowest BCUT2D eigenvalue weighted by Gasteiger charge is -2.23. The molecule has 1 saturated carbocycles. The molecule has 11 heavy (non-hydrogen) atoms. The molecule has 0 bridgehead atoms. The number of halogens is 1. The zero-order chi connectivity index (χ0) is 7.84. The van der Waals surface area contributed by atoms with Crippen molar-refractivity contribution in [2.75, 3.05) is 0 Å². The lowest BCUT2D eigenvalue weighted by molar-refractivity contribution is -0.123. The van der Waals surface area contributed by atoms with E-state index in [0.29, 0.717) is 5.92 Å². The molecule has 1 aliphatic carbocycles. The van der Waals surface area contributed by atoms with E-state index >= 15 is 0 Å². The number of amides is 1. The molecule has 0 aromatic rings. The number of carbonyl (C=O) groups is 1. The molecule has 3 heteroatoms. The van der Waals surface area contributed by atoms with Gasteiger partial charge in [0.25, 0.3) is 0 Å². The molecular formula is C8H12ClNO. The van der Waals surface area contributed by atoms with Crippen molar-refractivity contribution in [3.8, 4) is 0 Å². The van der Waals surface area contributed by atoms with Gasteiger partial charge >= 0.3 is 0 Å². The zero-order valence-electron chi connectivity index (χ0n) is 6.35. The standard InChI is InChI=1S/C8H12ClNO/c9-7-5-3-1-2-4-6(5)8(11)10-7/h5-7H,1-4H2,(H,10,11). The van der Waals surface area contributed by atoms with E-state index in [2.05, 4.69) is 5.32 Å². The Kier molecular flexibility index (Phi) is 1.80. The minimum Gasteiger partial charge on any atom is -0.339 e. The zero-order valence-corrected chi connectivity index (χ0v) is 7.10. The topological polar surface area (TPSA) is 29.1 Å². The van der Waals surface area contributed by atoms with E-state index in [1.54, 1.807) is 0 Å². The molecule has 3 atom stereocenters. The van der Waals surface area contributed by atoms with Crippen LogP contribution >= 0.6 is 11.6 Å².